The predicted molar refractivity (Wildman–Crippen MR) is 172 cm³/mol. The second-order valence-electron chi connectivity index (χ2n) is 12.6. The van der Waals surface area contributed by atoms with Gasteiger partial charge in [-0.1, -0.05) is 102 Å². The number of hydrogen-bond acceptors (Lipinski definition) is 3. The Morgan fingerprint density at radius 2 is 1.07 bits per heavy atom. The number of aromatic hydroxyl groups is 1. The molecule has 0 atom stereocenters. The first-order valence-electron chi connectivity index (χ1n) is 13.8. The lowest BCUT2D eigenvalue weighted by atomic mass is 9.79. The first-order chi connectivity index (χ1) is 18.8. The summed E-state index contributed by atoms with van der Waals surface area (Å²) in [6.07, 6.45) is 0. The van der Waals surface area contributed by atoms with Gasteiger partial charge in [-0.2, -0.15) is 0 Å². The fourth-order valence-electron chi connectivity index (χ4n) is 5.11. The maximum atomic E-state index is 12.2. The molecule has 210 valence electrons. The van der Waals surface area contributed by atoms with Crippen molar-refractivity contribution in [2.75, 3.05) is 14.2 Å². The van der Waals surface area contributed by atoms with Crippen molar-refractivity contribution in [2.24, 2.45) is 0 Å². The Labute approximate surface area is 242 Å². The third-order valence-corrected chi connectivity index (χ3v) is 10.4. The van der Waals surface area contributed by atoms with Crippen molar-refractivity contribution in [1.29, 1.82) is 0 Å². The number of ether oxygens (including phenoxy) is 2. The monoisotopic (exact) mass is 554 g/mol. The molecule has 0 aromatic heterocycles. The molecule has 0 fully saturated rings. The minimum atomic E-state index is -1.23. The molecule has 0 heterocycles. The summed E-state index contributed by atoms with van der Waals surface area (Å²) in [5.41, 5.74) is 6.54. The van der Waals surface area contributed by atoms with Crippen molar-refractivity contribution in [3.8, 4) is 28.4 Å². The molecule has 0 unspecified atom stereocenters. The molecule has 1 N–H and O–H groups in total. The van der Waals surface area contributed by atoms with E-state index in [4.69, 9.17) is 9.47 Å². The highest BCUT2D eigenvalue weighted by Gasteiger charge is 2.30. The minimum Gasteiger partial charge on any atom is -0.507 e. The van der Waals surface area contributed by atoms with Crippen molar-refractivity contribution >= 4 is 23.8 Å². The van der Waals surface area contributed by atoms with Gasteiger partial charge < -0.3 is 14.6 Å². The zero-order valence-corrected chi connectivity index (χ0v) is 26.5. The van der Waals surface area contributed by atoms with E-state index < -0.39 is 7.92 Å². The van der Waals surface area contributed by atoms with Gasteiger partial charge in [0.25, 0.3) is 0 Å². The van der Waals surface area contributed by atoms with Crippen molar-refractivity contribution < 1.29 is 14.6 Å². The molecule has 0 spiro atoms. The van der Waals surface area contributed by atoms with Gasteiger partial charge in [-0.25, -0.2) is 0 Å². The number of para-hydroxylation sites is 1. The van der Waals surface area contributed by atoms with Gasteiger partial charge in [0.1, 0.15) is 17.2 Å². The molecule has 0 amide bonds. The molecule has 0 saturated heterocycles. The quantitative estimate of drug-likeness (QED) is 0.245. The topological polar surface area (TPSA) is 38.7 Å². The summed E-state index contributed by atoms with van der Waals surface area (Å²) in [6, 6.07) is 25.2. The van der Waals surface area contributed by atoms with Crippen LogP contribution in [0.25, 0.3) is 11.1 Å². The van der Waals surface area contributed by atoms with E-state index >= 15 is 0 Å². The predicted octanol–water partition coefficient (Wildman–Crippen LogP) is 8.05. The molecule has 0 radical (unpaired) electrons. The largest absolute Gasteiger partial charge is 0.507 e. The Hall–Kier alpha value is -3.29. The number of rotatable bonds is 6. The van der Waals surface area contributed by atoms with Crippen LogP contribution >= 0.6 is 7.92 Å². The van der Waals surface area contributed by atoms with E-state index in [1.54, 1.807) is 14.2 Å². The van der Waals surface area contributed by atoms with E-state index in [-0.39, 0.29) is 10.8 Å². The molecule has 4 aromatic carbocycles. The Morgan fingerprint density at radius 3 is 1.50 bits per heavy atom. The fraction of sp³-hybridized carbons (Fsp3) is 0.333. The maximum absolute atomic E-state index is 12.2. The third kappa shape index (κ3) is 5.77. The second kappa shape index (κ2) is 11.3. The number of methoxy groups -OCH3 is 2. The average Bonchev–Trinajstić information content (AvgIpc) is 2.89. The standard InChI is InChI=1S/C36H43O3P/c1-23-14-11-17-29(38-9)33(23)40(34-24(2)15-12-18-30(34)39-10)31-19-13-16-28(32(31)37)25-20-26(35(3,4)5)22-27(21-25)36(6,7)8/h11-22,37H,1-10H3. The summed E-state index contributed by atoms with van der Waals surface area (Å²) in [5, 5.41) is 15.2. The summed E-state index contributed by atoms with van der Waals surface area (Å²) < 4.78 is 11.8. The number of aryl methyl sites for hydroxylation is 2. The molecule has 4 heteroatoms. The smallest absolute Gasteiger partial charge is 0.131 e. The summed E-state index contributed by atoms with van der Waals surface area (Å²) in [7, 11) is 2.19. The Kier molecular flexibility index (Phi) is 8.38. The molecule has 0 saturated carbocycles. The van der Waals surface area contributed by atoms with Crippen LogP contribution in [0.2, 0.25) is 0 Å². The number of hydrogen-bond donors (Lipinski definition) is 1. The summed E-state index contributed by atoms with van der Waals surface area (Å²) in [5.74, 6) is 1.92. The number of benzene rings is 4. The number of phenols is 1. The van der Waals surface area contributed by atoms with Gasteiger partial charge >= 0.3 is 0 Å². The fourth-order valence-corrected chi connectivity index (χ4v) is 8.01. The van der Waals surface area contributed by atoms with Gasteiger partial charge in [-0.3, -0.25) is 0 Å². The number of phenolic OH excluding ortho intramolecular Hbond substituents is 1. The van der Waals surface area contributed by atoms with Crippen LogP contribution in [-0.4, -0.2) is 19.3 Å². The van der Waals surface area contributed by atoms with Crippen molar-refractivity contribution in [3.05, 3.63) is 95.1 Å². The SMILES string of the molecule is COc1cccc(C)c1P(c1cccc(-c2cc(C(C)(C)C)cc(C(C)(C)C)c2)c1O)c1c(C)cccc1OC. The average molecular weight is 555 g/mol. The van der Waals surface area contributed by atoms with E-state index in [2.05, 4.69) is 97.9 Å². The van der Waals surface area contributed by atoms with Crippen LogP contribution in [0.1, 0.15) is 63.8 Å². The van der Waals surface area contributed by atoms with Crippen LogP contribution in [-0.2, 0) is 10.8 Å². The minimum absolute atomic E-state index is 0.0289. The zero-order chi connectivity index (χ0) is 29.4. The highest BCUT2D eigenvalue weighted by molar-refractivity contribution is 7.80. The van der Waals surface area contributed by atoms with Gasteiger partial charge in [0, 0.05) is 21.5 Å². The maximum Gasteiger partial charge on any atom is 0.131 e. The first-order valence-corrected chi connectivity index (χ1v) is 15.2. The lowest BCUT2D eigenvalue weighted by molar-refractivity contribution is 0.417. The van der Waals surface area contributed by atoms with E-state index in [9.17, 15) is 5.11 Å². The van der Waals surface area contributed by atoms with E-state index in [1.807, 2.05) is 30.3 Å². The van der Waals surface area contributed by atoms with Crippen LogP contribution in [0, 0.1) is 13.8 Å². The normalized spacial score (nSPS) is 12.1. The molecular formula is C36H43O3P. The summed E-state index contributed by atoms with van der Waals surface area (Å²) in [4.78, 5) is 0. The Balaban J connectivity index is 2.07. The third-order valence-electron chi connectivity index (χ3n) is 7.52. The lowest BCUT2D eigenvalue weighted by Crippen LogP contribution is -2.27. The zero-order valence-electron chi connectivity index (χ0n) is 25.6. The highest BCUT2D eigenvalue weighted by Crippen LogP contribution is 2.46. The van der Waals surface area contributed by atoms with Crippen molar-refractivity contribution in [1.82, 2.24) is 0 Å². The highest BCUT2D eigenvalue weighted by atomic mass is 31.1. The van der Waals surface area contributed by atoms with E-state index in [0.717, 1.165) is 49.7 Å². The van der Waals surface area contributed by atoms with Crippen LogP contribution in [0.5, 0.6) is 17.2 Å². The molecule has 0 bridgehead atoms. The van der Waals surface area contributed by atoms with Crippen molar-refractivity contribution in [2.45, 2.75) is 66.2 Å². The lowest BCUT2D eigenvalue weighted by Gasteiger charge is -2.28. The van der Waals surface area contributed by atoms with Crippen LogP contribution < -0.4 is 25.4 Å². The summed E-state index contributed by atoms with van der Waals surface area (Å²) >= 11 is 0. The van der Waals surface area contributed by atoms with Crippen LogP contribution in [0.4, 0.5) is 0 Å². The molecule has 0 aliphatic rings. The van der Waals surface area contributed by atoms with Gasteiger partial charge in [-0.15, -0.1) is 0 Å². The molecule has 4 rings (SSSR count). The second-order valence-corrected chi connectivity index (χ2v) is 14.6. The molecule has 0 aliphatic carbocycles. The molecule has 40 heavy (non-hydrogen) atoms. The molecule has 4 aromatic rings. The molecule has 3 nitrogen and oxygen atoms in total. The van der Waals surface area contributed by atoms with Gasteiger partial charge in [0.2, 0.25) is 0 Å². The van der Waals surface area contributed by atoms with E-state index in [0.29, 0.717) is 5.75 Å². The van der Waals surface area contributed by atoms with E-state index in [1.165, 1.54) is 11.1 Å². The van der Waals surface area contributed by atoms with Gasteiger partial charge in [0.15, 0.2) is 0 Å². The van der Waals surface area contributed by atoms with Gasteiger partial charge in [0.05, 0.1) is 14.2 Å². The molecule has 0 aliphatic heterocycles. The molecular weight excluding hydrogens is 511 g/mol. The Morgan fingerprint density at radius 1 is 0.625 bits per heavy atom. The van der Waals surface area contributed by atoms with Gasteiger partial charge in [-0.05, 0) is 72.5 Å². The Bertz CT molecular complexity index is 1440. The first kappa shape index (κ1) is 29.7. The van der Waals surface area contributed by atoms with Crippen molar-refractivity contribution in [3.63, 3.8) is 0 Å². The van der Waals surface area contributed by atoms with Crippen LogP contribution in [0.3, 0.4) is 0 Å². The van der Waals surface area contributed by atoms with Crippen LogP contribution in [0.15, 0.2) is 72.8 Å². The summed E-state index contributed by atoms with van der Waals surface area (Å²) in [6.45, 7) is 17.7.